The van der Waals surface area contributed by atoms with Gasteiger partial charge in [-0.3, -0.25) is 9.25 Å². The molecule has 9 nitrogen and oxygen atoms in total. The summed E-state index contributed by atoms with van der Waals surface area (Å²) in [7, 11) is 1.83. The smallest absolute Gasteiger partial charge is 0.334 e. The predicted octanol–water partition coefficient (Wildman–Crippen LogP) is 5.26. The van der Waals surface area contributed by atoms with Crippen LogP contribution in [0.15, 0.2) is 48.8 Å². The van der Waals surface area contributed by atoms with Crippen LogP contribution >= 0.6 is 13.5 Å². The van der Waals surface area contributed by atoms with E-state index in [0.29, 0.717) is 23.9 Å². The van der Waals surface area contributed by atoms with E-state index in [1.165, 1.54) is 16.7 Å². The lowest BCUT2D eigenvalue weighted by Crippen LogP contribution is -2.28. The minimum atomic E-state index is -3.66. The first-order valence-corrected chi connectivity index (χ1v) is 12.0. The quantitative estimate of drug-likeness (QED) is 0.319. The molecule has 13 heteroatoms. The van der Waals surface area contributed by atoms with Gasteiger partial charge in [-0.25, -0.2) is 14.4 Å². The highest BCUT2D eigenvalue weighted by atomic mass is 32.1. The van der Waals surface area contributed by atoms with Gasteiger partial charge in [0.2, 0.25) is 11.8 Å². The molecular formula is C26H26F3N9S. The summed E-state index contributed by atoms with van der Waals surface area (Å²) in [6, 6.07) is 8.19. The van der Waals surface area contributed by atoms with Crippen molar-refractivity contribution in [1.82, 2.24) is 39.1 Å². The van der Waals surface area contributed by atoms with Crippen molar-refractivity contribution in [2.24, 2.45) is 7.05 Å². The number of fused-ring (bicyclic) bond motifs is 3. The molecule has 0 fully saturated rings. The van der Waals surface area contributed by atoms with Gasteiger partial charge in [0.1, 0.15) is 11.6 Å². The molecule has 0 amide bonds. The van der Waals surface area contributed by atoms with Crippen molar-refractivity contribution in [3.05, 3.63) is 77.3 Å². The minimum absolute atomic E-state index is 0. The van der Waals surface area contributed by atoms with Crippen LogP contribution in [0.4, 0.5) is 24.9 Å². The summed E-state index contributed by atoms with van der Waals surface area (Å²) in [5.41, 5.74) is 3.08. The van der Waals surface area contributed by atoms with Crippen LogP contribution in [0.5, 0.6) is 0 Å². The number of halogens is 3. The van der Waals surface area contributed by atoms with E-state index >= 15 is 8.78 Å². The molecule has 1 N–H and O–H groups in total. The van der Waals surface area contributed by atoms with Crippen molar-refractivity contribution >= 4 is 25.3 Å². The third kappa shape index (κ3) is 4.36. The zero-order valence-corrected chi connectivity index (χ0v) is 22.6. The van der Waals surface area contributed by atoms with Crippen molar-refractivity contribution in [3.8, 4) is 22.8 Å². The summed E-state index contributed by atoms with van der Waals surface area (Å²) in [5, 5.41) is 15.5. The molecule has 5 aromatic rings. The molecule has 0 unspecified atom stereocenters. The second-order valence-electron chi connectivity index (χ2n) is 9.53. The highest BCUT2D eigenvalue weighted by Gasteiger charge is 2.44. The van der Waals surface area contributed by atoms with E-state index in [1.807, 2.05) is 50.7 Å². The number of benzene rings is 1. The van der Waals surface area contributed by atoms with E-state index in [1.54, 1.807) is 10.9 Å². The zero-order chi connectivity index (χ0) is 26.8. The minimum Gasteiger partial charge on any atom is -0.342 e. The van der Waals surface area contributed by atoms with Crippen LogP contribution in [0.1, 0.15) is 35.6 Å². The monoisotopic (exact) mass is 553 g/mol. The van der Waals surface area contributed by atoms with Gasteiger partial charge in [0.25, 0.3) is 0 Å². The van der Waals surface area contributed by atoms with E-state index in [4.69, 9.17) is 4.98 Å². The summed E-state index contributed by atoms with van der Waals surface area (Å²) in [4.78, 5) is 9.11. The van der Waals surface area contributed by atoms with E-state index in [2.05, 4.69) is 25.6 Å². The third-order valence-corrected chi connectivity index (χ3v) is 6.70. The van der Waals surface area contributed by atoms with Gasteiger partial charge in [-0.2, -0.15) is 27.4 Å². The van der Waals surface area contributed by atoms with Gasteiger partial charge < -0.3 is 9.88 Å². The Balaban J connectivity index is 0.00000308. The molecule has 0 bridgehead atoms. The molecule has 6 rings (SSSR count). The molecule has 1 atom stereocenters. The standard InChI is InChI=1S/C26H24F3N9.H2S/c1-14-11-30-25(31-21-9-15(2)35-36(21)4)32-22(14)17-10-20-23-33-34-24(38(23)16(3)12-37(20)13-17)26(28,29)18-7-5-6-8-19(18)27;/h5-11,13,16H,12H2,1-4H3,(H,30,31,32);1H2/t16-;/m0./s1. The number of hydrogen-bond donors (Lipinski definition) is 1. The van der Waals surface area contributed by atoms with E-state index < -0.39 is 29.2 Å². The SMILES string of the molecule is Cc1cc(Nc2ncc(C)c(-c3cc4n(c3)C[C@H](C)n3c-4nnc3C(F)(F)c3ccccc3F)n2)n(C)n1.S. The molecule has 1 aliphatic heterocycles. The molecule has 0 spiro atoms. The van der Waals surface area contributed by atoms with Gasteiger partial charge in [0.15, 0.2) is 5.82 Å². The lowest BCUT2D eigenvalue weighted by Gasteiger charge is -2.27. The van der Waals surface area contributed by atoms with Gasteiger partial charge in [0.05, 0.1) is 28.7 Å². The molecule has 39 heavy (non-hydrogen) atoms. The molecule has 4 aromatic heterocycles. The fourth-order valence-electron chi connectivity index (χ4n) is 4.92. The molecule has 0 saturated heterocycles. The van der Waals surface area contributed by atoms with Crippen LogP contribution in [-0.4, -0.2) is 39.1 Å². The van der Waals surface area contributed by atoms with Gasteiger partial charge in [0, 0.05) is 37.6 Å². The maximum atomic E-state index is 15.5. The van der Waals surface area contributed by atoms with Gasteiger partial charge >= 0.3 is 5.92 Å². The Morgan fingerprint density at radius 1 is 1.10 bits per heavy atom. The fraction of sp³-hybridized carbons (Fsp3) is 0.269. The van der Waals surface area contributed by atoms with Crippen LogP contribution < -0.4 is 5.32 Å². The number of aromatic nitrogens is 8. The molecule has 0 saturated carbocycles. The Kier molecular flexibility index (Phi) is 6.49. The van der Waals surface area contributed by atoms with Crippen LogP contribution in [-0.2, 0) is 19.5 Å². The van der Waals surface area contributed by atoms with E-state index in [9.17, 15) is 4.39 Å². The first kappa shape index (κ1) is 26.5. The zero-order valence-electron chi connectivity index (χ0n) is 21.6. The van der Waals surface area contributed by atoms with Crippen LogP contribution in [0.2, 0.25) is 0 Å². The first-order valence-electron chi connectivity index (χ1n) is 12.0. The molecule has 1 aromatic carbocycles. The largest absolute Gasteiger partial charge is 0.342 e. The maximum Gasteiger partial charge on any atom is 0.334 e. The van der Waals surface area contributed by atoms with Crippen LogP contribution in [0.25, 0.3) is 22.8 Å². The molecule has 1 aliphatic rings. The summed E-state index contributed by atoms with van der Waals surface area (Å²) >= 11 is 0. The third-order valence-electron chi connectivity index (χ3n) is 6.70. The van der Waals surface area contributed by atoms with E-state index in [-0.39, 0.29) is 19.3 Å². The Morgan fingerprint density at radius 3 is 2.59 bits per heavy atom. The number of nitrogens with zero attached hydrogens (tertiary/aromatic N) is 8. The Morgan fingerprint density at radius 2 is 1.87 bits per heavy atom. The molecule has 202 valence electrons. The van der Waals surface area contributed by atoms with E-state index in [0.717, 1.165) is 34.8 Å². The van der Waals surface area contributed by atoms with Crippen molar-refractivity contribution in [2.75, 3.05) is 5.32 Å². The molecule has 5 heterocycles. The number of anilines is 2. The van der Waals surface area contributed by atoms with Crippen molar-refractivity contribution in [2.45, 2.75) is 39.3 Å². The normalized spacial score (nSPS) is 14.5. The highest BCUT2D eigenvalue weighted by molar-refractivity contribution is 7.59. The second kappa shape index (κ2) is 9.56. The molecule has 0 aliphatic carbocycles. The highest BCUT2D eigenvalue weighted by Crippen LogP contribution is 2.42. The lowest BCUT2D eigenvalue weighted by molar-refractivity contribution is 0.0231. The van der Waals surface area contributed by atoms with Gasteiger partial charge in [-0.15, -0.1) is 10.2 Å². The average Bonchev–Trinajstić information content (AvgIpc) is 3.57. The predicted molar refractivity (Wildman–Crippen MR) is 145 cm³/mol. The summed E-state index contributed by atoms with van der Waals surface area (Å²) in [6.07, 6.45) is 3.65. The van der Waals surface area contributed by atoms with Crippen molar-refractivity contribution < 1.29 is 13.2 Å². The van der Waals surface area contributed by atoms with Gasteiger partial charge in [-0.1, -0.05) is 12.1 Å². The summed E-state index contributed by atoms with van der Waals surface area (Å²) < 4.78 is 50.4. The average molecular weight is 554 g/mol. The van der Waals surface area contributed by atoms with Crippen molar-refractivity contribution in [3.63, 3.8) is 0 Å². The van der Waals surface area contributed by atoms with Crippen LogP contribution in [0, 0.1) is 19.7 Å². The maximum absolute atomic E-state index is 15.5. The second-order valence-corrected chi connectivity index (χ2v) is 9.53. The van der Waals surface area contributed by atoms with Gasteiger partial charge in [-0.05, 0) is 44.5 Å². The number of rotatable bonds is 5. The first-order chi connectivity index (χ1) is 18.1. The number of aryl methyl sites for hydroxylation is 3. The molecule has 0 radical (unpaired) electrons. The topological polar surface area (TPSA) is 91.3 Å². The van der Waals surface area contributed by atoms with Crippen molar-refractivity contribution in [1.29, 1.82) is 0 Å². The van der Waals surface area contributed by atoms with Crippen LogP contribution in [0.3, 0.4) is 0 Å². The number of hydrogen-bond acceptors (Lipinski definition) is 6. The lowest BCUT2D eigenvalue weighted by atomic mass is 10.1. The molecular weight excluding hydrogens is 527 g/mol. The Bertz CT molecular complexity index is 1690. The Labute approximate surface area is 229 Å². The number of alkyl halides is 2. The summed E-state index contributed by atoms with van der Waals surface area (Å²) in [5.74, 6) is -3.79. The Hall–Kier alpha value is -4.13. The number of nitrogens with one attached hydrogen (secondary N) is 1. The summed E-state index contributed by atoms with van der Waals surface area (Å²) in [6.45, 7) is 6.02. The fourth-order valence-corrected chi connectivity index (χ4v) is 4.92.